The highest BCUT2D eigenvalue weighted by molar-refractivity contribution is 9.09. The Morgan fingerprint density at radius 2 is 1.62 bits per heavy atom. The Morgan fingerprint density at radius 1 is 1.00 bits per heavy atom. The number of nitrogens with zero attached hydrogens (tertiary/aromatic N) is 5. The third-order valence-corrected chi connectivity index (χ3v) is 6.59. The third-order valence-electron chi connectivity index (χ3n) is 6.19. The summed E-state index contributed by atoms with van der Waals surface area (Å²) in [6, 6.07) is 16.3. The molecular formula is C32H44Br2N6O2. The summed E-state index contributed by atoms with van der Waals surface area (Å²) in [4.78, 5) is 18.4. The van der Waals surface area contributed by atoms with Crippen LogP contribution < -0.4 is 22.7 Å². The molecule has 8 nitrogen and oxygen atoms in total. The van der Waals surface area contributed by atoms with E-state index in [2.05, 4.69) is 65.5 Å². The summed E-state index contributed by atoms with van der Waals surface area (Å²) < 4.78 is 6.59. The number of aliphatic hydroxyl groups is 1. The molecule has 2 aromatic carbocycles. The SMILES string of the molecule is C1=[N+](CCCn2ccnc2)CCc2ccccc21.CCO.NCCCn1ccnc1.O=Cc1ccccc1CCBr.[Br-]. The van der Waals surface area contributed by atoms with Gasteiger partial charge in [0, 0.05) is 73.8 Å². The van der Waals surface area contributed by atoms with Crippen molar-refractivity contribution in [1.82, 2.24) is 19.1 Å². The van der Waals surface area contributed by atoms with E-state index in [0.717, 1.165) is 81.2 Å². The van der Waals surface area contributed by atoms with Gasteiger partial charge in [0.25, 0.3) is 0 Å². The molecule has 3 heterocycles. The lowest BCUT2D eigenvalue weighted by molar-refractivity contribution is -0.524. The number of benzene rings is 2. The first-order valence-electron chi connectivity index (χ1n) is 14.1. The molecule has 42 heavy (non-hydrogen) atoms. The van der Waals surface area contributed by atoms with Gasteiger partial charge in [0.2, 0.25) is 0 Å². The monoisotopic (exact) mass is 702 g/mol. The van der Waals surface area contributed by atoms with Crippen LogP contribution in [0.25, 0.3) is 0 Å². The summed E-state index contributed by atoms with van der Waals surface area (Å²) in [7, 11) is 0. The van der Waals surface area contributed by atoms with Crippen LogP contribution in [0.5, 0.6) is 0 Å². The summed E-state index contributed by atoms with van der Waals surface area (Å²) >= 11 is 3.33. The number of aldehydes is 1. The van der Waals surface area contributed by atoms with Gasteiger partial charge in [0.15, 0.2) is 6.21 Å². The van der Waals surface area contributed by atoms with Crippen molar-refractivity contribution in [2.75, 3.05) is 31.6 Å². The van der Waals surface area contributed by atoms with E-state index in [-0.39, 0.29) is 23.6 Å². The summed E-state index contributed by atoms with van der Waals surface area (Å²) in [6.45, 7) is 6.97. The van der Waals surface area contributed by atoms with Gasteiger partial charge in [-0.2, -0.15) is 0 Å². The number of aliphatic hydroxyl groups excluding tert-OH is 1. The van der Waals surface area contributed by atoms with Crippen LogP contribution in [0.1, 0.15) is 46.8 Å². The lowest BCUT2D eigenvalue weighted by Crippen LogP contribution is -3.00. The number of rotatable bonds is 10. The second-order valence-corrected chi connectivity index (χ2v) is 10.1. The molecule has 3 N–H and O–H groups in total. The van der Waals surface area contributed by atoms with Gasteiger partial charge >= 0.3 is 0 Å². The molecule has 5 rings (SSSR count). The highest BCUT2D eigenvalue weighted by Gasteiger charge is 2.14. The van der Waals surface area contributed by atoms with Crippen molar-refractivity contribution in [3.63, 3.8) is 0 Å². The molecule has 4 aromatic rings. The van der Waals surface area contributed by atoms with Gasteiger partial charge in [-0.25, -0.2) is 14.5 Å². The van der Waals surface area contributed by atoms with Crippen LogP contribution in [0.4, 0.5) is 0 Å². The Morgan fingerprint density at radius 3 is 2.21 bits per heavy atom. The van der Waals surface area contributed by atoms with Crippen LogP contribution in [0.2, 0.25) is 0 Å². The normalized spacial score (nSPS) is 11.1. The third kappa shape index (κ3) is 14.8. The van der Waals surface area contributed by atoms with E-state index in [1.165, 1.54) is 11.1 Å². The number of hydrogen-bond donors (Lipinski definition) is 2. The number of alkyl halides is 1. The Balaban J connectivity index is 0.000000318. The minimum atomic E-state index is 0. The van der Waals surface area contributed by atoms with Crippen molar-refractivity contribution >= 4 is 28.4 Å². The molecule has 0 spiro atoms. The van der Waals surface area contributed by atoms with Crippen LogP contribution in [0.15, 0.2) is 86.0 Å². The number of aromatic nitrogens is 4. The van der Waals surface area contributed by atoms with E-state index >= 15 is 0 Å². The topological polar surface area (TPSA) is 102 Å². The van der Waals surface area contributed by atoms with Crippen molar-refractivity contribution in [3.8, 4) is 0 Å². The van der Waals surface area contributed by atoms with Gasteiger partial charge in [0.1, 0.15) is 19.4 Å². The molecule has 0 saturated carbocycles. The molecule has 0 fully saturated rings. The number of hydrogen-bond acceptors (Lipinski definition) is 5. The maximum Gasteiger partial charge on any atom is 0.170 e. The minimum absolute atomic E-state index is 0. The van der Waals surface area contributed by atoms with Gasteiger partial charge in [-0.3, -0.25) is 4.79 Å². The summed E-state index contributed by atoms with van der Waals surface area (Å²) in [5.41, 5.74) is 10.1. The van der Waals surface area contributed by atoms with E-state index in [1.54, 1.807) is 19.4 Å². The first kappa shape index (κ1) is 37.1. The molecule has 1 aliphatic rings. The van der Waals surface area contributed by atoms with Crippen molar-refractivity contribution in [1.29, 1.82) is 0 Å². The quantitative estimate of drug-likeness (QED) is 0.149. The second kappa shape index (κ2) is 23.6. The maximum absolute atomic E-state index is 10.5. The number of carbonyl (C=O) groups is 1. The molecular weight excluding hydrogens is 660 g/mol. The van der Waals surface area contributed by atoms with E-state index in [9.17, 15) is 4.79 Å². The highest BCUT2D eigenvalue weighted by Crippen LogP contribution is 2.11. The van der Waals surface area contributed by atoms with Gasteiger partial charge in [-0.15, -0.1) is 0 Å². The number of fused-ring (bicyclic) bond motifs is 1. The first-order chi connectivity index (χ1) is 20.1. The number of carbonyl (C=O) groups excluding carboxylic acids is 1. The Bertz CT molecular complexity index is 1250. The van der Waals surface area contributed by atoms with Gasteiger partial charge in [-0.1, -0.05) is 58.4 Å². The molecule has 0 amide bonds. The predicted octanol–water partition coefficient (Wildman–Crippen LogP) is 1.63. The van der Waals surface area contributed by atoms with Crippen molar-refractivity contribution < 1.29 is 31.5 Å². The molecule has 0 bridgehead atoms. The zero-order valence-corrected chi connectivity index (χ0v) is 27.6. The minimum Gasteiger partial charge on any atom is -1.00 e. The van der Waals surface area contributed by atoms with E-state index in [1.807, 2.05) is 53.8 Å². The predicted molar refractivity (Wildman–Crippen MR) is 170 cm³/mol. The highest BCUT2D eigenvalue weighted by atomic mass is 79.9. The lowest BCUT2D eigenvalue weighted by atomic mass is 10.0. The lowest BCUT2D eigenvalue weighted by Gasteiger charge is -2.12. The van der Waals surface area contributed by atoms with Crippen LogP contribution >= 0.6 is 15.9 Å². The summed E-state index contributed by atoms with van der Waals surface area (Å²) in [6.07, 6.45) is 18.7. The average molecular weight is 705 g/mol. The molecule has 228 valence electrons. The fourth-order valence-electron chi connectivity index (χ4n) is 4.14. The molecule has 10 heteroatoms. The Labute approximate surface area is 269 Å². The molecule has 0 atom stereocenters. The zero-order valence-electron chi connectivity index (χ0n) is 24.4. The molecule has 0 unspecified atom stereocenters. The van der Waals surface area contributed by atoms with Gasteiger partial charge < -0.3 is 37.0 Å². The van der Waals surface area contributed by atoms with Crippen molar-refractivity contribution in [2.24, 2.45) is 5.73 Å². The second-order valence-electron chi connectivity index (χ2n) is 9.28. The first-order valence-corrected chi connectivity index (χ1v) is 15.3. The van der Waals surface area contributed by atoms with E-state index in [4.69, 9.17) is 10.8 Å². The molecule has 0 aliphatic carbocycles. The van der Waals surface area contributed by atoms with Gasteiger partial charge in [0.05, 0.1) is 12.7 Å². The van der Waals surface area contributed by atoms with Crippen LogP contribution in [-0.2, 0) is 25.9 Å². The maximum atomic E-state index is 10.5. The van der Waals surface area contributed by atoms with Crippen LogP contribution in [-0.4, -0.2) is 72.9 Å². The van der Waals surface area contributed by atoms with Crippen molar-refractivity contribution in [3.05, 3.63) is 108 Å². The summed E-state index contributed by atoms with van der Waals surface area (Å²) in [5, 5.41) is 8.47. The zero-order chi connectivity index (χ0) is 29.5. The Hall–Kier alpha value is -2.92. The number of nitrogens with two attached hydrogens (primary N) is 1. The average Bonchev–Trinajstić information content (AvgIpc) is 3.73. The number of aryl methyl sites for hydroxylation is 3. The standard InChI is InChI=1S/C15H18N3.C9H9BrO.C6H11N3.C2H6O.BrH/c1-2-5-15-12-17(10-6-14(15)4-1)8-3-9-18-11-7-16-13-18;10-6-5-8-3-1-2-4-9(8)7-11;7-2-1-4-9-5-3-8-6-9;1-2-3;/h1-2,4-5,7,11-13H,3,6,8-10H2;1-4,7H,5-6H2;3,5-6H,1-2,4,7H2;3H,2H2,1H3;1H/q+1;;;;/p-1. The molecule has 0 saturated heterocycles. The number of halogens is 2. The van der Waals surface area contributed by atoms with Crippen LogP contribution in [0.3, 0.4) is 0 Å². The smallest absolute Gasteiger partial charge is 0.170 e. The van der Waals surface area contributed by atoms with E-state index < -0.39 is 0 Å². The molecule has 0 radical (unpaired) electrons. The largest absolute Gasteiger partial charge is 1.00 e. The number of imidazole rings is 2. The summed E-state index contributed by atoms with van der Waals surface area (Å²) in [5.74, 6) is 0. The fourth-order valence-corrected chi connectivity index (χ4v) is 4.56. The Kier molecular flexibility index (Phi) is 20.9. The van der Waals surface area contributed by atoms with Crippen LogP contribution in [0, 0.1) is 0 Å². The fraction of sp³-hybridized carbons (Fsp3) is 0.375. The van der Waals surface area contributed by atoms with Gasteiger partial charge in [-0.05, 0) is 43.5 Å². The van der Waals surface area contributed by atoms with E-state index in [0.29, 0.717) is 0 Å². The molecule has 1 aliphatic heterocycles. The van der Waals surface area contributed by atoms with Crippen molar-refractivity contribution in [2.45, 2.75) is 45.7 Å². The molecule has 2 aromatic heterocycles.